The number of amides is 2. The second-order valence-electron chi connectivity index (χ2n) is 7.78. The molecule has 37 heavy (non-hydrogen) atoms. The van der Waals surface area contributed by atoms with Gasteiger partial charge in [-0.15, -0.1) is 0 Å². The predicted molar refractivity (Wildman–Crippen MR) is 142 cm³/mol. The smallest absolute Gasteiger partial charge is 0.412 e. The van der Waals surface area contributed by atoms with Gasteiger partial charge in [-0.1, -0.05) is 48.5 Å². The van der Waals surface area contributed by atoms with Crippen molar-refractivity contribution < 1.29 is 28.9 Å². The van der Waals surface area contributed by atoms with Crippen LogP contribution in [0.15, 0.2) is 91.0 Å². The molecule has 3 aromatic rings. The Morgan fingerprint density at radius 3 is 2.41 bits per heavy atom. The highest BCUT2D eigenvalue weighted by molar-refractivity contribution is 6.01. The van der Waals surface area contributed by atoms with E-state index in [1.165, 1.54) is 12.2 Å². The number of anilines is 3. The number of ether oxygens (including phenoxy) is 3. The third-order valence-electron chi connectivity index (χ3n) is 5.14. The molecule has 5 N–H and O–H groups in total. The number of para-hydroxylation sites is 4. The van der Waals surface area contributed by atoms with Crippen molar-refractivity contribution in [1.82, 2.24) is 0 Å². The summed E-state index contributed by atoms with van der Waals surface area (Å²) in [7, 11) is 0. The highest BCUT2D eigenvalue weighted by Crippen LogP contribution is 2.33. The molecule has 0 aliphatic rings. The van der Waals surface area contributed by atoms with Gasteiger partial charge in [-0.3, -0.25) is 10.1 Å². The second kappa shape index (κ2) is 14.3. The Kier molecular flexibility index (Phi) is 10.5. The minimum atomic E-state index is -0.982. The normalized spacial score (nSPS) is 12.5. The fourth-order valence-corrected chi connectivity index (χ4v) is 3.50. The zero-order valence-corrected chi connectivity index (χ0v) is 20.5. The highest BCUT2D eigenvalue weighted by atomic mass is 16.6. The van der Waals surface area contributed by atoms with Gasteiger partial charge in [0.25, 0.3) is 0 Å². The molecule has 0 spiro atoms. The maximum atomic E-state index is 12.9. The van der Waals surface area contributed by atoms with Crippen molar-refractivity contribution in [3.05, 3.63) is 96.6 Å². The average molecular weight is 506 g/mol. The van der Waals surface area contributed by atoms with Gasteiger partial charge >= 0.3 is 6.09 Å². The number of aliphatic hydroxyl groups excluding tert-OH is 1. The molecule has 3 rings (SSSR count). The molecule has 0 heterocycles. The molecule has 0 radical (unpaired) electrons. The molecule has 0 aliphatic carbocycles. The first-order valence-corrected chi connectivity index (χ1v) is 11.8. The Morgan fingerprint density at radius 1 is 0.973 bits per heavy atom. The number of nitrogens with two attached hydrogens (primary N) is 1. The van der Waals surface area contributed by atoms with Crippen LogP contribution in [0.3, 0.4) is 0 Å². The number of aliphatic hydroxyl groups is 1. The summed E-state index contributed by atoms with van der Waals surface area (Å²) in [5.41, 5.74) is 7.88. The third-order valence-corrected chi connectivity index (χ3v) is 5.14. The van der Waals surface area contributed by atoms with Crippen LogP contribution < -0.4 is 21.1 Å². The number of hydrogen-bond acceptors (Lipinski definition) is 7. The van der Waals surface area contributed by atoms with E-state index >= 15 is 0 Å². The van der Waals surface area contributed by atoms with Crippen molar-refractivity contribution in [2.24, 2.45) is 0 Å². The maximum absolute atomic E-state index is 12.9. The molecule has 194 valence electrons. The molecule has 0 fully saturated rings. The molecule has 0 saturated carbocycles. The molecule has 2 amide bonds. The van der Waals surface area contributed by atoms with Crippen molar-refractivity contribution in [3.63, 3.8) is 0 Å². The van der Waals surface area contributed by atoms with Crippen molar-refractivity contribution in [2.75, 3.05) is 36.2 Å². The van der Waals surface area contributed by atoms with Gasteiger partial charge < -0.3 is 30.4 Å². The van der Waals surface area contributed by atoms with Gasteiger partial charge in [-0.25, -0.2) is 4.79 Å². The van der Waals surface area contributed by atoms with Crippen LogP contribution in [-0.4, -0.2) is 43.0 Å². The number of hydrogen-bond donors (Lipinski definition) is 4. The molecular formula is C28H31N3O6. The maximum Gasteiger partial charge on any atom is 0.412 e. The predicted octanol–water partition coefficient (Wildman–Crippen LogP) is 4.53. The lowest BCUT2D eigenvalue weighted by Crippen LogP contribution is -2.28. The molecule has 0 unspecified atom stereocenters. The number of benzene rings is 3. The van der Waals surface area contributed by atoms with Gasteiger partial charge in [-0.05, 0) is 43.3 Å². The molecular weight excluding hydrogens is 474 g/mol. The molecule has 0 saturated heterocycles. The van der Waals surface area contributed by atoms with E-state index in [2.05, 4.69) is 10.6 Å². The third kappa shape index (κ3) is 8.38. The molecule has 0 aliphatic heterocycles. The van der Waals surface area contributed by atoms with Crippen molar-refractivity contribution >= 4 is 29.1 Å². The largest absolute Gasteiger partial charge is 0.491 e. The Hall–Kier alpha value is -4.34. The SMILES string of the molecule is CCO[C@@H](/C=C/C(=O)Nc1ccccc1N)[C@@H](OC(=O)Nc1ccccc1)c1ccccc1OCCO. The second-order valence-corrected chi connectivity index (χ2v) is 7.78. The van der Waals surface area contributed by atoms with Crippen LogP contribution in [0, 0.1) is 0 Å². The van der Waals surface area contributed by atoms with Gasteiger partial charge in [0.1, 0.15) is 18.5 Å². The van der Waals surface area contributed by atoms with Crippen LogP contribution in [0.1, 0.15) is 18.6 Å². The summed E-state index contributed by atoms with van der Waals surface area (Å²) in [6.45, 7) is 1.94. The monoisotopic (exact) mass is 505 g/mol. The van der Waals surface area contributed by atoms with Gasteiger partial charge in [0.05, 0.1) is 18.0 Å². The van der Waals surface area contributed by atoms with Gasteiger partial charge in [-0.2, -0.15) is 0 Å². The number of carbonyl (C=O) groups excluding carboxylic acids is 2. The van der Waals surface area contributed by atoms with E-state index in [1.54, 1.807) is 79.7 Å². The molecule has 0 bridgehead atoms. The van der Waals surface area contributed by atoms with E-state index in [1.807, 2.05) is 6.07 Å². The first kappa shape index (κ1) is 27.3. The van der Waals surface area contributed by atoms with E-state index in [4.69, 9.17) is 19.9 Å². The number of nitrogens with one attached hydrogen (secondary N) is 2. The van der Waals surface area contributed by atoms with Crippen molar-refractivity contribution in [2.45, 2.75) is 19.1 Å². The summed E-state index contributed by atoms with van der Waals surface area (Å²) in [6, 6.07) is 22.7. The van der Waals surface area contributed by atoms with Crippen LogP contribution in [0.5, 0.6) is 5.75 Å². The topological polar surface area (TPSA) is 132 Å². The van der Waals surface area contributed by atoms with E-state index in [9.17, 15) is 14.7 Å². The average Bonchev–Trinajstić information content (AvgIpc) is 2.91. The quantitative estimate of drug-likeness (QED) is 0.210. The summed E-state index contributed by atoms with van der Waals surface area (Å²) < 4.78 is 17.4. The van der Waals surface area contributed by atoms with Crippen LogP contribution >= 0.6 is 0 Å². The molecule has 9 nitrogen and oxygen atoms in total. The zero-order chi connectivity index (χ0) is 26.5. The van der Waals surface area contributed by atoms with Crippen LogP contribution in [0.4, 0.5) is 21.9 Å². The first-order chi connectivity index (χ1) is 18.0. The summed E-state index contributed by atoms with van der Waals surface area (Å²) in [5.74, 6) is -0.0198. The number of rotatable bonds is 12. The first-order valence-electron chi connectivity index (χ1n) is 11.8. The lowest BCUT2D eigenvalue weighted by molar-refractivity contribution is -0.112. The van der Waals surface area contributed by atoms with E-state index in [0.29, 0.717) is 28.4 Å². The van der Waals surface area contributed by atoms with Gasteiger partial charge in [0.2, 0.25) is 5.91 Å². The standard InChI is InChI=1S/C28H31N3O6/c1-2-35-25(16-17-26(33)31-23-14-8-7-13-22(23)29)27(21-12-6-9-15-24(21)36-19-18-32)37-28(34)30-20-10-4-3-5-11-20/h3-17,25,27,32H,2,18-19,29H2,1H3,(H,30,34)(H,31,33)/b17-16+/t25-,27-/m0/s1. The lowest BCUT2D eigenvalue weighted by atomic mass is 10.0. The summed E-state index contributed by atoms with van der Waals surface area (Å²) in [5, 5.41) is 14.6. The summed E-state index contributed by atoms with van der Waals surface area (Å²) >= 11 is 0. The van der Waals surface area contributed by atoms with Crippen molar-refractivity contribution in [3.8, 4) is 5.75 Å². The zero-order valence-electron chi connectivity index (χ0n) is 20.5. The Bertz CT molecular complexity index is 1190. The Labute approximate surface area is 215 Å². The lowest BCUT2D eigenvalue weighted by Gasteiger charge is -2.27. The van der Waals surface area contributed by atoms with Crippen molar-refractivity contribution in [1.29, 1.82) is 0 Å². The van der Waals surface area contributed by atoms with E-state index in [-0.39, 0.29) is 19.8 Å². The Morgan fingerprint density at radius 2 is 1.68 bits per heavy atom. The Balaban J connectivity index is 1.88. The minimum absolute atomic E-state index is 0.0516. The molecule has 2 atom stereocenters. The summed E-state index contributed by atoms with van der Waals surface area (Å²) in [6.07, 6.45) is 0.276. The molecule has 3 aromatic carbocycles. The van der Waals surface area contributed by atoms with Crippen LogP contribution in [0.25, 0.3) is 0 Å². The molecule has 0 aromatic heterocycles. The molecule has 9 heteroatoms. The fraction of sp³-hybridized carbons (Fsp3) is 0.214. The van der Waals surface area contributed by atoms with Gasteiger partial charge in [0, 0.05) is 23.9 Å². The minimum Gasteiger partial charge on any atom is -0.491 e. The number of nitrogen functional groups attached to an aromatic ring is 1. The van der Waals surface area contributed by atoms with Crippen LogP contribution in [0.2, 0.25) is 0 Å². The fourth-order valence-electron chi connectivity index (χ4n) is 3.50. The van der Waals surface area contributed by atoms with Crippen LogP contribution in [-0.2, 0) is 14.3 Å². The van der Waals surface area contributed by atoms with E-state index in [0.717, 1.165) is 0 Å². The number of carbonyl (C=O) groups is 2. The van der Waals surface area contributed by atoms with Gasteiger partial charge in [0.15, 0.2) is 6.10 Å². The van der Waals surface area contributed by atoms with E-state index < -0.39 is 24.2 Å². The summed E-state index contributed by atoms with van der Waals surface area (Å²) in [4.78, 5) is 25.5. The highest BCUT2D eigenvalue weighted by Gasteiger charge is 2.29.